The zero-order valence-corrected chi connectivity index (χ0v) is 14.4. The molecule has 1 aromatic carbocycles. The Balaban J connectivity index is 1.63. The van der Waals surface area contributed by atoms with E-state index in [0.717, 1.165) is 12.0 Å². The van der Waals surface area contributed by atoms with Crippen LogP contribution in [0.15, 0.2) is 42.7 Å². The predicted octanol–water partition coefficient (Wildman–Crippen LogP) is 1.54. The van der Waals surface area contributed by atoms with Crippen molar-refractivity contribution < 1.29 is 14.3 Å². The number of rotatable bonds is 5. The van der Waals surface area contributed by atoms with E-state index in [4.69, 9.17) is 4.74 Å². The minimum absolute atomic E-state index is 0.0195. The fourth-order valence-corrected chi connectivity index (χ4v) is 3.10. The maximum Gasteiger partial charge on any atom is 0.255 e. The largest absolute Gasteiger partial charge is 0.375 e. The molecule has 0 atom stereocenters. The van der Waals surface area contributed by atoms with Gasteiger partial charge in [0.05, 0.1) is 5.56 Å². The van der Waals surface area contributed by atoms with E-state index in [2.05, 4.69) is 17.1 Å². The van der Waals surface area contributed by atoms with Crippen molar-refractivity contribution in [1.29, 1.82) is 0 Å². The number of aromatic amines is 1. The number of aromatic nitrogens is 1. The first kappa shape index (κ1) is 17.2. The van der Waals surface area contributed by atoms with E-state index in [-0.39, 0.29) is 18.4 Å². The number of ether oxygens (including phenoxy) is 1. The molecule has 0 unspecified atom stereocenters. The highest BCUT2D eigenvalue weighted by Gasteiger charge is 2.26. The van der Waals surface area contributed by atoms with Gasteiger partial charge in [-0.1, -0.05) is 30.3 Å². The zero-order valence-electron chi connectivity index (χ0n) is 14.4. The van der Waals surface area contributed by atoms with Crippen LogP contribution in [0.25, 0.3) is 0 Å². The molecule has 0 bridgehead atoms. The maximum atomic E-state index is 12.9. The van der Waals surface area contributed by atoms with Crippen LogP contribution in [0.1, 0.15) is 21.5 Å². The molecule has 2 aromatic rings. The van der Waals surface area contributed by atoms with Gasteiger partial charge in [0.2, 0.25) is 5.91 Å². The van der Waals surface area contributed by atoms with Crippen molar-refractivity contribution in [3.8, 4) is 0 Å². The highest BCUT2D eigenvalue weighted by Crippen LogP contribution is 2.17. The molecule has 0 aliphatic carbocycles. The fourth-order valence-electron chi connectivity index (χ4n) is 3.10. The van der Waals surface area contributed by atoms with Gasteiger partial charge in [-0.05, 0) is 17.5 Å². The van der Waals surface area contributed by atoms with Gasteiger partial charge >= 0.3 is 0 Å². The van der Waals surface area contributed by atoms with E-state index in [9.17, 15) is 9.59 Å². The fraction of sp³-hybridized carbons (Fsp3) is 0.368. The Hall–Kier alpha value is -2.60. The molecule has 0 saturated carbocycles. The van der Waals surface area contributed by atoms with Crippen LogP contribution in [0.5, 0.6) is 0 Å². The first-order valence-corrected chi connectivity index (χ1v) is 8.44. The minimum Gasteiger partial charge on any atom is -0.375 e. The first-order valence-electron chi connectivity index (χ1n) is 8.44. The zero-order chi connectivity index (χ0) is 17.6. The molecule has 6 nitrogen and oxygen atoms in total. The Labute approximate surface area is 147 Å². The Kier molecular flexibility index (Phi) is 5.50. The SMILES string of the molecule is COCC(=O)N1CCN(C(=O)c2c[nH]cc2Cc2ccccc2)CC1. The number of methoxy groups -OCH3 is 1. The number of piperazine rings is 1. The van der Waals surface area contributed by atoms with Crippen molar-refractivity contribution in [2.45, 2.75) is 6.42 Å². The molecule has 1 fully saturated rings. The van der Waals surface area contributed by atoms with Gasteiger partial charge in [-0.15, -0.1) is 0 Å². The summed E-state index contributed by atoms with van der Waals surface area (Å²) in [5.74, 6) is -0.00738. The molecule has 0 radical (unpaired) electrons. The van der Waals surface area contributed by atoms with Crippen LogP contribution in [-0.4, -0.2) is 66.5 Å². The summed E-state index contributed by atoms with van der Waals surface area (Å²) in [5.41, 5.74) is 2.88. The van der Waals surface area contributed by atoms with Gasteiger partial charge < -0.3 is 19.5 Å². The molecule has 2 heterocycles. The summed E-state index contributed by atoms with van der Waals surface area (Å²) in [6.45, 7) is 2.28. The molecule has 1 N–H and O–H groups in total. The lowest BCUT2D eigenvalue weighted by Crippen LogP contribution is -2.51. The van der Waals surface area contributed by atoms with Crippen molar-refractivity contribution in [1.82, 2.24) is 14.8 Å². The lowest BCUT2D eigenvalue weighted by molar-refractivity contribution is -0.136. The Morgan fingerprint density at radius 2 is 1.72 bits per heavy atom. The Bertz CT molecular complexity index is 719. The molecule has 3 rings (SSSR count). The monoisotopic (exact) mass is 341 g/mol. The van der Waals surface area contributed by atoms with Crippen molar-refractivity contribution in [3.05, 3.63) is 59.4 Å². The highest BCUT2D eigenvalue weighted by atomic mass is 16.5. The topological polar surface area (TPSA) is 65.6 Å². The summed E-state index contributed by atoms with van der Waals surface area (Å²) >= 11 is 0. The van der Waals surface area contributed by atoms with Gasteiger partial charge in [-0.25, -0.2) is 0 Å². The van der Waals surface area contributed by atoms with Crippen LogP contribution in [0.4, 0.5) is 0 Å². The quantitative estimate of drug-likeness (QED) is 0.897. The summed E-state index contributed by atoms with van der Waals surface area (Å²) < 4.78 is 4.89. The maximum absolute atomic E-state index is 12.9. The molecular formula is C19H23N3O3. The number of carbonyl (C=O) groups excluding carboxylic acids is 2. The highest BCUT2D eigenvalue weighted by molar-refractivity contribution is 5.96. The molecule has 132 valence electrons. The van der Waals surface area contributed by atoms with Gasteiger partial charge in [-0.2, -0.15) is 0 Å². The number of carbonyl (C=O) groups is 2. The number of benzene rings is 1. The second kappa shape index (κ2) is 7.98. The minimum atomic E-state index is -0.0268. The third-order valence-corrected chi connectivity index (χ3v) is 4.49. The average Bonchev–Trinajstić information content (AvgIpc) is 3.10. The molecule has 0 spiro atoms. The van der Waals surface area contributed by atoms with E-state index in [1.807, 2.05) is 29.3 Å². The number of nitrogens with zero attached hydrogens (tertiary/aromatic N) is 2. The van der Waals surface area contributed by atoms with Crippen molar-refractivity contribution in [3.63, 3.8) is 0 Å². The molecule has 1 aliphatic heterocycles. The predicted molar refractivity (Wildman–Crippen MR) is 94.4 cm³/mol. The number of hydrogen-bond acceptors (Lipinski definition) is 3. The molecule has 6 heteroatoms. The van der Waals surface area contributed by atoms with Crippen LogP contribution in [0.3, 0.4) is 0 Å². The van der Waals surface area contributed by atoms with Gasteiger partial charge in [0.25, 0.3) is 5.91 Å². The first-order chi connectivity index (χ1) is 12.2. The lowest BCUT2D eigenvalue weighted by atomic mass is 10.0. The van der Waals surface area contributed by atoms with Gasteiger partial charge in [0, 0.05) is 45.7 Å². The average molecular weight is 341 g/mol. The van der Waals surface area contributed by atoms with E-state index < -0.39 is 0 Å². The van der Waals surface area contributed by atoms with Crippen LogP contribution in [0.2, 0.25) is 0 Å². The van der Waals surface area contributed by atoms with E-state index in [0.29, 0.717) is 31.7 Å². The normalized spacial score (nSPS) is 14.6. The van der Waals surface area contributed by atoms with Gasteiger partial charge in [0.1, 0.15) is 6.61 Å². The van der Waals surface area contributed by atoms with Crippen molar-refractivity contribution in [2.24, 2.45) is 0 Å². The number of H-pyrrole nitrogens is 1. The smallest absolute Gasteiger partial charge is 0.255 e. The summed E-state index contributed by atoms with van der Waals surface area (Å²) in [7, 11) is 1.51. The van der Waals surface area contributed by atoms with Crippen molar-refractivity contribution >= 4 is 11.8 Å². The van der Waals surface area contributed by atoms with Crippen LogP contribution in [-0.2, 0) is 16.0 Å². The molecular weight excluding hydrogens is 318 g/mol. The Morgan fingerprint density at radius 3 is 2.40 bits per heavy atom. The van der Waals surface area contributed by atoms with Crippen LogP contribution < -0.4 is 0 Å². The third-order valence-electron chi connectivity index (χ3n) is 4.49. The lowest BCUT2D eigenvalue weighted by Gasteiger charge is -2.34. The second-order valence-electron chi connectivity index (χ2n) is 6.16. The summed E-state index contributed by atoms with van der Waals surface area (Å²) in [5, 5.41) is 0. The molecule has 1 aliphatic rings. The second-order valence-corrected chi connectivity index (χ2v) is 6.16. The van der Waals surface area contributed by atoms with E-state index in [1.54, 1.807) is 11.1 Å². The van der Waals surface area contributed by atoms with Crippen LogP contribution in [0, 0.1) is 0 Å². The Morgan fingerprint density at radius 1 is 1.04 bits per heavy atom. The van der Waals surface area contributed by atoms with Crippen molar-refractivity contribution in [2.75, 3.05) is 39.9 Å². The van der Waals surface area contributed by atoms with E-state index in [1.165, 1.54) is 12.7 Å². The van der Waals surface area contributed by atoms with Gasteiger partial charge in [-0.3, -0.25) is 9.59 Å². The standard InChI is InChI=1S/C19H23N3O3/c1-25-14-18(23)21-7-9-22(10-8-21)19(24)17-13-20-12-16(17)11-15-5-3-2-4-6-15/h2-6,12-13,20H,7-11,14H2,1H3. The summed E-state index contributed by atoms with van der Waals surface area (Å²) in [4.78, 5) is 31.3. The van der Waals surface area contributed by atoms with Crippen LogP contribution >= 0.6 is 0 Å². The number of hydrogen-bond donors (Lipinski definition) is 1. The molecule has 2 amide bonds. The van der Waals surface area contributed by atoms with E-state index >= 15 is 0 Å². The summed E-state index contributed by atoms with van der Waals surface area (Å²) in [6.07, 6.45) is 4.37. The molecule has 1 aromatic heterocycles. The molecule has 25 heavy (non-hydrogen) atoms. The number of amides is 2. The summed E-state index contributed by atoms with van der Waals surface area (Å²) in [6, 6.07) is 10.1. The third kappa shape index (κ3) is 4.09. The van der Waals surface area contributed by atoms with Gasteiger partial charge in [0.15, 0.2) is 0 Å². The molecule has 1 saturated heterocycles. The number of nitrogens with one attached hydrogen (secondary N) is 1.